The molecule has 0 aromatic rings. The van der Waals surface area contributed by atoms with Crippen molar-refractivity contribution in [1.29, 1.82) is 0 Å². The lowest BCUT2D eigenvalue weighted by Crippen LogP contribution is -2.62. The molecular weight excluding hydrogens is 520 g/mol. The maximum Gasteiger partial charge on any atom is 0.139 e. The average molecular weight is 593 g/mol. The van der Waals surface area contributed by atoms with E-state index >= 15 is 0 Å². The summed E-state index contributed by atoms with van der Waals surface area (Å²) in [5.41, 5.74) is -1.19. The first-order valence-electron chi connectivity index (χ1n) is 16.8. The van der Waals surface area contributed by atoms with Crippen molar-refractivity contribution in [1.82, 2.24) is 0 Å². The van der Waals surface area contributed by atoms with Gasteiger partial charge in [0.1, 0.15) is 11.6 Å². The summed E-state index contributed by atoms with van der Waals surface area (Å²) >= 11 is 4.53. The second-order valence-corrected chi connectivity index (χ2v) is 17.4. The van der Waals surface area contributed by atoms with Crippen molar-refractivity contribution < 1.29 is 9.59 Å². The van der Waals surface area contributed by atoms with E-state index in [4.69, 9.17) is 0 Å². The van der Waals surface area contributed by atoms with Crippen molar-refractivity contribution in [2.45, 2.75) is 180 Å². The Hall–Kier alpha value is -0.570. The van der Waals surface area contributed by atoms with Gasteiger partial charge in [0.2, 0.25) is 0 Å². The van der Waals surface area contributed by atoms with Gasteiger partial charge in [0.15, 0.2) is 0 Å². The van der Waals surface area contributed by atoms with Crippen LogP contribution in [0.5, 0.6) is 0 Å². The Morgan fingerprint density at radius 2 is 1.15 bits per heavy atom. The van der Waals surface area contributed by atoms with E-state index in [0.29, 0.717) is 30.3 Å². The molecule has 0 aromatic heterocycles. The minimum absolute atomic E-state index is 0.00691. The summed E-state index contributed by atoms with van der Waals surface area (Å²) in [5, 5.41) is 0.182. The Morgan fingerprint density at radius 3 is 1.59 bits per heavy atom. The van der Waals surface area contributed by atoms with Gasteiger partial charge in [-0.2, -0.15) is 12.6 Å². The van der Waals surface area contributed by atoms with Crippen LogP contribution in [0.15, 0.2) is 12.2 Å². The van der Waals surface area contributed by atoms with Crippen molar-refractivity contribution in [2.24, 2.45) is 38.4 Å². The molecule has 242 valence electrons. The third-order valence-corrected chi connectivity index (χ3v) is 12.9. The molecule has 2 nitrogen and oxygen atoms in total. The third kappa shape index (κ3) is 8.98. The molecule has 0 N–H and O–H groups in total. The van der Waals surface area contributed by atoms with Crippen LogP contribution in [-0.2, 0) is 9.59 Å². The summed E-state index contributed by atoms with van der Waals surface area (Å²) < 4.78 is 0. The summed E-state index contributed by atoms with van der Waals surface area (Å²) in [6.07, 6.45) is 10.2. The summed E-state index contributed by atoms with van der Waals surface area (Å²) in [5.74, 6) is 1.21. The van der Waals surface area contributed by atoms with Gasteiger partial charge in [-0.05, 0) is 66.6 Å². The molecule has 0 aliphatic carbocycles. The molecule has 0 fully saturated rings. The highest BCUT2D eigenvalue weighted by Crippen LogP contribution is 2.67. The van der Waals surface area contributed by atoms with E-state index in [1.165, 1.54) is 19.3 Å². The van der Waals surface area contributed by atoms with Gasteiger partial charge in [0.05, 0.1) is 0 Å². The van der Waals surface area contributed by atoms with Gasteiger partial charge >= 0.3 is 0 Å². The van der Waals surface area contributed by atoms with Crippen molar-refractivity contribution in [2.75, 3.05) is 0 Å². The third-order valence-electron chi connectivity index (χ3n) is 12.5. The molecule has 0 rings (SSSR count). The van der Waals surface area contributed by atoms with Gasteiger partial charge < -0.3 is 0 Å². The Balaban J connectivity index is 6.87. The smallest absolute Gasteiger partial charge is 0.139 e. The highest BCUT2D eigenvalue weighted by molar-refractivity contribution is 7.81. The fraction of sp³-hybridized carbons (Fsp3) is 0.895. The van der Waals surface area contributed by atoms with E-state index in [0.717, 1.165) is 44.1 Å². The van der Waals surface area contributed by atoms with Gasteiger partial charge in [0, 0.05) is 28.9 Å². The zero-order valence-electron chi connectivity index (χ0n) is 30.4. The van der Waals surface area contributed by atoms with Gasteiger partial charge in [0.25, 0.3) is 0 Å². The molecule has 0 heterocycles. The van der Waals surface area contributed by atoms with E-state index in [-0.39, 0.29) is 16.1 Å². The maximum absolute atomic E-state index is 14.6. The van der Waals surface area contributed by atoms with E-state index in [9.17, 15) is 9.59 Å². The van der Waals surface area contributed by atoms with Crippen molar-refractivity contribution in [3.05, 3.63) is 12.2 Å². The predicted molar refractivity (Wildman–Crippen MR) is 186 cm³/mol. The lowest BCUT2D eigenvalue weighted by molar-refractivity contribution is -0.183. The number of thiol groups is 1. The Morgan fingerprint density at radius 1 is 0.683 bits per heavy atom. The number of Topliss-reactive ketones (excluding diaryl/α,β-unsaturated/α-hetero) is 2. The Labute approximate surface area is 263 Å². The molecule has 4 unspecified atom stereocenters. The largest absolute Gasteiger partial charge is 0.299 e. The molecule has 0 amide bonds. The lowest BCUT2D eigenvalue weighted by Gasteiger charge is -2.64. The zero-order chi connectivity index (χ0) is 32.7. The predicted octanol–water partition coefficient (Wildman–Crippen LogP) is 12.1. The second kappa shape index (κ2) is 15.4. The fourth-order valence-corrected chi connectivity index (χ4v) is 7.51. The molecule has 4 atom stereocenters. The van der Waals surface area contributed by atoms with E-state index < -0.39 is 21.7 Å². The summed E-state index contributed by atoms with van der Waals surface area (Å²) in [7, 11) is 0. The van der Waals surface area contributed by atoms with Crippen LogP contribution in [0.3, 0.4) is 0 Å². The quantitative estimate of drug-likeness (QED) is 0.0866. The molecule has 0 spiro atoms. The lowest BCUT2D eigenvalue weighted by atomic mass is 9.39. The average Bonchev–Trinajstić information content (AvgIpc) is 2.85. The molecule has 0 aromatic carbocycles. The Bertz CT molecular complexity index is 856. The molecule has 3 heteroatoms. The molecule has 0 saturated carbocycles. The Kier molecular flexibility index (Phi) is 15.2. The standard InChI is InChI=1S/C38H72O2S/c1-17-19-24-29(4)34(9,10)27-37(15,31(39)26-22-21-23-28(3)30(5)41)35(11,12)36(13,14)38(16,33(6,7)8)32(40)25-20-18-2/h29-30,41H,3,17-27H2,1-2,4-16H3. The van der Waals surface area contributed by atoms with Crippen molar-refractivity contribution >= 4 is 24.2 Å². The van der Waals surface area contributed by atoms with Gasteiger partial charge in [-0.25, -0.2) is 0 Å². The fourth-order valence-electron chi connectivity index (χ4n) is 7.38. The number of carbonyl (C=O) groups is 2. The van der Waals surface area contributed by atoms with Gasteiger partial charge in [-0.3, -0.25) is 9.59 Å². The number of rotatable bonds is 20. The first kappa shape index (κ1) is 40.4. The number of hydrogen-bond acceptors (Lipinski definition) is 3. The van der Waals surface area contributed by atoms with E-state index in [1.807, 2.05) is 0 Å². The number of ketones is 2. The molecule has 0 saturated heterocycles. The number of carbonyl (C=O) groups excluding carboxylic acids is 2. The highest BCUT2D eigenvalue weighted by atomic mass is 32.1. The minimum atomic E-state index is -0.599. The van der Waals surface area contributed by atoms with E-state index in [1.54, 1.807) is 0 Å². The van der Waals surface area contributed by atoms with Crippen LogP contribution in [0.2, 0.25) is 0 Å². The topological polar surface area (TPSA) is 34.1 Å². The summed E-state index contributed by atoms with van der Waals surface area (Å²) in [4.78, 5) is 28.8. The van der Waals surface area contributed by atoms with Crippen LogP contribution in [0.4, 0.5) is 0 Å². The SMILES string of the molecule is C=C(CCCCC(=O)C(C)(CC(C)(C)C(C)CCCC)C(C)(C)C(C)(C)C(C)(C(=O)CCCC)C(C)(C)C)C(C)S. The highest BCUT2D eigenvalue weighted by Gasteiger charge is 2.65. The summed E-state index contributed by atoms with van der Waals surface area (Å²) in [6.45, 7) is 38.1. The molecule has 0 aliphatic heterocycles. The molecule has 0 radical (unpaired) electrons. The molecular formula is C38H72O2S. The van der Waals surface area contributed by atoms with Crippen LogP contribution in [0.25, 0.3) is 0 Å². The first-order valence-corrected chi connectivity index (χ1v) is 17.4. The van der Waals surface area contributed by atoms with Gasteiger partial charge in [-0.15, -0.1) is 0 Å². The number of hydrogen-bond donors (Lipinski definition) is 1. The van der Waals surface area contributed by atoms with Crippen molar-refractivity contribution in [3.8, 4) is 0 Å². The van der Waals surface area contributed by atoms with Crippen LogP contribution in [0.1, 0.15) is 174 Å². The summed E-state index contributed by atoms with van der Waals surface area (Å²) in [6, 6.07) is 0. The second-order valence-electron chi connectivity index (χ2n) is 16.7. The van der Waals surface area contributed by atoms with E-state index in [2.05, 4.69) is 123 Å². The normalized spacial score (nSPS) is 17.9. The molecule has 0 bridgehead atoms. The monoisotopic (exact) mass is 593 g/mol. The minimum Gasteiger partial charge on any atom is -0.299 e. The van der Waals surface area contributed by atoms with Crippen molar-refractivity contribution in [3.63, 3.8) is 0 Å². The number of unbranched alkanes of at least 4 members (excludes halogenated alkanes) is 3. The molecule has 0 aliphatic rings. The van der Waals surface area contributed by atoms with Gasteiger partial charge in [-0.1, -0.05) is 135 Å². The van der Waals surface area contributed by atoms with Crippen LogP contribution < -0.4 is 0 Å². The van der Waals surface area contributed by atoms with Crippen LogP contribution in [-0.4, -0.2) is 16.8 Å². The zero-order valence-corrected chi connectivity index (χ0v) is 31.3. The van der Waals surface area contributed by atoms with Crippen LogP contribution >= 0.6 is 12.6 Å². The molecule has 41 heavy (non-hydrogen) atoms. The van der Waals surface area contributed by atoms with Crippen LogP contribution in [0, 0.1) is 38.4 Å². The first-order chi connectivity index (χ1) is 18.4. The maximum atomic E-state index is 14.6.